The van der Waals surface area contributed by atoms with Gasteiger partial charge in [-0.05, 0) is 50.7 Å². The Morgan fingerprint density at radius 3 is 2.31 bits per heavy atom. The van der Waals surface area contributed by atoms with Gasteiger partial charge in [0.25, 0.3) is 0 Å². The third-order valence-electron chi connectivity index (χ3n) is 6.08. The predicted molar refractivity (Wildman–Crippen MR) is 103 cm³/mol. The molecule has 0 spiro atoms. The number of carbonyl (C=O) groups is 2. The molecular formula is C21H27F2N3O3. The molecule has 29 heavy (non-hydrogen) atoms. The number of benzene rings is 1. The summed E-state index contributed by atoms with van der Waals surface area (Å²) in [7, 11) is 0. The number of urea groups is 1. The number of likely N-dealkylation sites (tertiary alicyclic amines) is 1. The third kappa shape index (κ3) is 4.69. The van der Waals surface area contributed by atoms with Gasteiger partial charge in [0.2, 0.25) is 5.91 Å². The van der Waals surface area contributed by atoms with Crippen LogP contribution in [0.3, 0.4) is 0 Å². The number of amides is 3. The highest BCUT2D eigenvalue weighted by Gasteiger charge is 2.41. The van der Waals surface area contributed by atoms with Crippen LogP contribution in [-0.2, 0) is 9.53 Å². The van der Waals surface area contributed by atoms with E-state index in [-0.39, 0.29) is 29.6 Å². The lowest BCUT2D eigenvalue weighted by Crippen LogP contribution is -2.54. The fourth-order valence-corrected chi connectivity index (χ4v) is 4.30. The molecule has 3 fully saturated rings. The number of ether oxygens (including phenoxy) is 1. The van der Waals surface area contributed by atoms with Crippen LogP contribution in [0.15, 0.2) is 18.2 Å². The maximum atomic E-state index is 13.8. The van der Waals surface area contributed by atoms with E-state index in [1.165, 1.54) is 0 Å². The van der Waals surface area contributed by atoms with Crippen LogP contribution in [0.2, 0.25) is 0 Å². The number of carbonyl (C=O) groups excluding carboxylic acids is 2. The van der Waals surface area contributed by atoms with Gasteiger partial charge in [-0.1, -0.05) is 0 Å². The van der Waals surface area contributed by atoms with Crippen LogP contribution in [0.1, 0.15) is 38.5 Å². The van der Waals surface area contributed by atoms with E-state index in [4.69, 9.17) is 4.74 Å². The molecule has 3 aliphatic rings. The predicted octanol–water partition coefficient (Wildman–Crippen LogP) is 3.38. The lowest BCUT2D eigenvalue weighted by Gasteiger charge is -2.43. The van der Waals surface area contributed by atoms with Crippen LogP contribution in [-0.4, -0.2) is 60.1 Å². The lowest BCUT2D eigenvalue weighted by molar-refractivity contribution is -0.141. The van der Waals surface area contributed by atoms with E-state index in [1.54, 1.807) is 4.90 Å². The van der Waals surface area contributed by atoms with E-state index in [2.05, 4.69) is 10.2 Å². The maximum Gasteiger partial charge on any atom is 0.321 e. The Morgan fingerprint density at radius 1 is 1.00 bits per heavy atom. The summed E-state index contributed by atoms with van der Waals surface area (Å²) in [6.45, 7) is 2.31. The molecule has 0 bridgehead atoms. The highest BCUT2D eigenvalue weighted by molar-refractivity contribution is 5.89. The first-order valence-corrected chi connectivity index (χ1v) is 10.4. The molecule has 1 N–H and O–H groups in total. The van der Waals surface area contributed by atoms with Crippen LogP contribution < -0.4 is 5.32 Å². The van der Waals surface area contributed by atoms with Gasteiger partial charge < -0.3 is 19.9 Å². The molecule has 4 rings (SSSR count). The zero-order valence-electron chi connectivity index (χ0n) is 16.4. The Hall–Kier alpha value is -2.22. The fourth-order valence-electron chi connectivity index (χ4n) is 4.30. The maximum absolute atomic E-state index is 13.8. The summed E-state index contributed by atoms with van der Waals surface area (Å²) in [6.07, 6.45) is 5.04. The van der Waals surface area contributed by atoms with Crippen molar-refractivity contribution in [2.45, 2.75) is 50.6 Å². The number of halogens is 2. The summed E-state index contributed by atoms with van der Waals surface area (Å²) >= 11 is 0. The summed E-state index contributed by atoms with van der Waals surface area (Å²) < 4.78 is 32.6. The van der Waals surface area contributed by atoms with Crippen molar-refractivity contribution >= 4 is 17.6 Å². The van der Waals surface area contributed by atoms with Crippen LogP contribution in [0, 0.1) is 17.6 Å². The number of hydrogen-bond acceptors (Lipinski definition) is 3. The van der Waals surface area contributed by atoms with Crippen LogP contribution >= 0.6 is 0 Å². The van der Waals surface area contributed by atoms with Gasteiger partial charge in [-0.3, -0.25) is 4.79 Å². The number of nitrogens with one attached hydrogen (secondary N) is 1. The van der Waals surface area contributed by atoms with Gasteiger partial charge in [0.05, 0.1) is 5.69 Å². The van der Waals surface area contributed by atoms with Gasteiger partial charge in [-0.25, -0.2) is 13.6 Å². The second-order valence-corrected chi connectivity index (χ2v) is 8.14. The molecule has 0 radical (unpaired) electrons. The van der Waals surface area contributed by atoms with E-state index in [9.17, 15) is 18.4 Å². The molecule has 1 aliphatic carbocycles. The van der Waals surface area contributed by atoms with Gasteiger partial charge in [-0.15, -0.1) is 0 Å². The van der Waals surface area contributed by atoms with Crippen molar-refractivity contribution in [1.82, 2.24) is 9.80 Å². The summed E-state index contributed by atoms with van der Waals surface area (Å²) in [5.41, 5.74) is -0.162. The number of piperidine rings is 1. The van der Waals surface area contributed by atoms with E-state index in [0.717, 1.165) is 43.9 Å². The molecule has 158 valence electrons. The molecule has 0 aromatic heterocycles. The molecule has 2 saturated heterocycles. The van der Waals surface area contributed by atoms with Gasteiger partial charge in [0, 0.05) is 50.4 Å². The van der Waals surface area contributed by atoms with E-state index in [1.807, 2.05) is 0 Å². The van der Waals surface area contributed by atoms with Crippen molar-refractivity contribution in [3.05, 3.63) is 29.8 Å². The van der Waals surface area contributed by atoms with Crippen LogP contribution in [0.25, 0.3) is 0 Å². The van der Waals surface area contributed by atoms with Crippen molar-refractivity contribution < 1.29 is 23.1 Å². The smallest absolute Gasteiger partial charge is 0.321 e. The summed E-state index contributed by atoms with van der Waals surface area (Å²) in [6, 6.07) is 2.86. The standard InChI is InChI=1S/C21H27F2N3O3/c22-15-3-4-18(23)19(13-15)24-21(28)25-9-5-16(6-10-25)26(20(27)14-1-2-14)17-7-11-29-12-8-17/h3-4,13-14,16-17H,1-2,5-12H2,(H,24,28). The molecular weight excluding hydrogens is 380 g/mol. The van der Waals surface area contributed by atoms with Gasteiger partial charge >= 0.3 is 6.03 Å². The monoisotopic (exact) mass is 407 g/mol. The SMILES string of the molecule is O=C(Nc1cc(F)ccc1F)N1CCC(N(C(=O)C2CC2)C2CCOCC2)CC1. The minimum Gasteiger partial charge on any atom is -0.381 e. The molecule has 1 saturated carbocycles. The third-order valence-corrected chi connectivity index (χ3v) is 6.08. The van der Waals surface area contributed by atoms with Crippen molar-refractivity contribution in [2.75, 3.05) is 31.6 Å². The number of anilines is 1. The zero-order chi connectivity index (χ0) is 20.4. The zero-order valence-corrected chi connectivity index (χ0v) is 16.4. The highest BCUT2D eigenvalue weighted by atomic mass is 19.1. The molecule has 1 aromatic carbocycles. The molecule has 0 unspecified atom stereocenters. The fraction of sp³-hybridized carbons (Fsp3) is 0.619. The van der Waals surface area contributed by atoms with Crippen molar-refractivity contribution in [1.29, 1.82) is 0 Å². The van der Waals surface area contributed by atoms with Crippen molar-refractivity contribution in [2.24, 2.45) is 5.92 Å². The van der Waals surface area contributed by atoms with E-state index >= 15 is 0 Å². The average molecular weight is 407 g/mol. The second-order valence-electron chi connectivity index (χ2n) is 8.14. The first-order valence-electron chi connectivity index (χ1n) is 10.4. The molecule has 6 nitrogen and oxygen atoms in total. The Bertz CT molecular complexity index is 758. The number of nitrogens with zero attached hydrogens (tertiary/aromatic N) is 2. The first-order chi connectivity index (χ1) is 14.0. The quantitative estimate of drug-likeness (QED) is 0.832. The van der Waals surface area contributed by atoms with Gasteiger partial charge in [-0.2, -0.15) is 0 Å². The van der Waals surface area contributed by atoms with Crippen molar-refractivity contribution in [3.63, 3.8) is 0 Å². The normalized spacial score (nSPS) is 21.1. The van der Waals surface area contributed by atoms with Gasteiger partial charge in [0.15, 0.2) is 0 Å². The molecule has 8 heteroatoms. The summed E-state index contributed by atoms with van der Waals surface area (Å²) in [5.74, 6) is -0.863. The minimum atomic E-state index is -0.671. The van der Waals surface area contributed by atoms with Crippen molar-refractivity contribution in [3.8, 4) is 0 Å². The number of hydrogen-bond donors (Lipinski definition) is 1. The molecule has 0 atom stereocenters. The average Bonchev–Trinajstić information content (AvgIpc) is 3.57. The molecule has 3 amide bonds. The molecule has 1 aromatic rings. The molecule has 2 heterocycles. The van der Waals surface area contributed by atoms with Gasteiger partial charge in [0.1, 0.15) is 11.6 Å². The van der Waals surface area contributed by atoms with E-state index < -0.39 is 17.7 Å². The Labute approximate surface area is 169 Å². The topological polar surface area (TPSA) is 61.9 Å². The Morgan fingerprint density at radius 2 is 1.66 bits per heavy atom. The number of rotatable bonds is 4. The summed E-state index contributed by atoms with van der Waals surface area (Å²) in [5, 5.41) is 2.45. The summed E-state index contributed by atoms with van der Waals surface area (Å²) in [4.78, 5) is 29.1. The minimum absolute atomic E-state index is 0.112. The Balaban J connectivity index is 1.37. The molecule has 2 aliphatic heterocycles. The highest BCUT2D eigenvalue weighted by Crippen LogP contribution is 2.35. The lowest BCUT2D eigenvalue weighted by atomic mass is 9.97. The van der Waals surface area contributed by atoms with Crippen LogP contribution in [0.4, 0.5) is 19.3 Å². The largest absolute Gasteiger partial charge is 0.381 e. The van der Waals surface area contributed by atoms with Crippen LogP contribution in [0.5, 0.6) is 0 Å². The second kappa shape index (κ2) is 8.65. The Kier molecular flexibility index (Phi) is 5.99. The first kappa shape index (κ1) is 20.1. The van der Waals surface area contributed by atoms with E-state index in [0.29, 0.717) is 39.1 Å².